The van der Waals surface area contributed by atoms with E-state index in [1.54, 1.807) is 7.11 Å². The number of pyridine rings is 1. The molecule has 0 aliphatic rings. The highest BCUT2D eigenvalue weighted by Gasteiger charge is 2.12. The Morgan fingerprint density at radius 3 is 2.69 bits per heavy atom. The number of benzene rings is 1. The van der Waals surface area contributed by atoms with Crippen molar-refractivity contribution in [3.63, 3.8) is 0 Å². The summed E-state index contributed by atoms with van der Waals surface area (Å²) in [5, 5.41) is 1.16. The van der Waals surface area contributed by atoms with Gasteiger partial charge in [0.2, 0.25) is 0 Å². The Bertz CT molecular complexity index is 523. The van der Waals surface area contributed by atoms with Crippen molar-refractivity contribution in [2.24, 2.45) is 0 Å². The van der Waals surface area contributed by atoms with E-state index < -0.39 is 0 Å². The Hall–Kier alpha value is -1.09. The number of fused-ring (bicyclic) bond motifs is 1. The van der Waals surface area contributed by atoms with Crippen LogP contribution >= 0.6 is 15.9 Å². The van der Waals surface area contributed by atoms with Gasteiger partial charge in [-0.05, 0) is 33.5 Å². The second-order valence-corrected chi connectivity index (χ2v) is 4.89. The highest BCUT2D eigenvalue weighted by atomic mass is 79.9. The Labute approximate surface area is 104 Å². The monoisotopic (exact) mass is 279 g/mol. The van der Waals surface area contributed by atoms with Gasteiger partial charge >= 0.3 is 0 Å². The molecule has 3 heteroatoms. The lowest BCUT2D eigenvalue weighted by molar-refractivity contribution is 0.419. The summed E-state index contributed by atoms with van der Waals surface area (Å²) in [6.45, 7) is 4.36. The van der Waals surface area contributed by atoms with E-state index in [9.17, 15) is 0 Å². The summed E-state index contributed by atoms with van der Waals surface area (Å²) >= 11 is 3.56. The minimum Gasteiger partial charge on any atom is -0.494 e. The Morgan fingerprint density at radius 1 is 1.31 bits per heavy atom. The molecule has 0 atom stereocenters. The molecule has 0 fully saturated rings. The van der Waals surface area contributed by atoms with Crippen molar-refractivity contribution in [1.29, 1.82) is 0 Å². The molecule has 2 aromatic rings. The number of nitrogens with zero attached hydrogens (tertiary/aromatic N) is 1. The van der Waals surface area contributed by atoms with Gasteiger partial charge in [0, 0.05) is 16.1 Å². The molecule has 0 bridgehead atoms. The van der Waals surface area contributed by atoms with Gasteiger partial charge in [0.25, 0.3) is 0 Å². The van der Waals surface area contributed by atoms with E-state index in [-0.39, 0.29) is 0 Å². The summed E-state index contributed by atoms with van der Waals surface area (Å²) in [5.74, 6) is 1.28. The van der Waals surface area contributed by atoms with Gasteiger partial charge in [0.1, 0.15) is 11.3 Å². The topological polar surface area (TPSA) is 22.1 Å². The van der Waals surface area contributed by atoms with Gasteiger partial charge in [0.05, 0.1) is 7.11 Å². The summed E-state index contributed by atoms with van der Waals surface area (Å²) in [6, 6.07) is 6.03. The van der Waals surface area contributed by atoms with Crippen LogP contribution in [-0.2, 0) is 0 Å². The SMILES string of the molecule is COc1cccc2c(C(C)C)c(Br)cnc12. The lowest BCUT2D eigenvalue weighted by Gasteiger charge is -2.13. The first-order valence-corrected chi connectivity index (χ1v) is 6.05. The van der Waals surface area contributed by atoms with Crippen LogP contribution in [0.2, 0.25) is 0 Å². The first-order chi connectivity index (χ1) is 7.65. The lowest BCUT2D eigenvalue weighted by atomic mass is 9.99. The predicted molar refractivity (Wildman–Crippen MR) is 70.1 cm³/mol. The van der Waals surface area contributed by atoms with Crippen LogP contribution in [0.3, 0.4) is 0 Å². The Morgan fingerprint density at radius 2 is 2.06 bits per heavy atom. The zero-order chi connectivity index (χ0) is 11.7. The van der Waals surface area contributed by atoms with Gasteiger partial charge in [-0.25, -0.2) is 0 Å². The number of halogens is 1. The largest absolute Gasteiger partial charge is 0.494 e. The van der Waals surface area contributed by atoms with Crippen molar-refractivity contribution in [2.45, 2.75) is 19.8 Å². The molecule has 16 heavy (non-hydrogen) atoms. The van der Waals surface area contributed by atoms with Crippen LogP contribution in [0.15, 0.2) is 28.9 Å². The second kappa shape index (κ2) is 4.42. The third-order valence-corrected chi connectivity index (χ3v) is 3.28. The molecule has 0 amide bonds. The van der Waals surface area contributed by atoms with E-state index in [0.717, 1.165) is 21.1 Å². The molecule has 0 saturated carbocycles. The van der Waals surface area contributed by atoms with Crippen LogP contribution in [-0.4, -0.2) is 12.1 Å². The number of methoxy groups -OCH3 is 1. The molecule has 2 rings (SSSR count). The Balaban J connectivity index is 2.83. The van der Waals surface area contributed by atoms with Crippen LogP contribution < -0.4 is 4.74 Å². The second-order valence-electron chi connectivity index (χ2n) is 4.03. The molecular weight excluding hydrogens is 266 g/mol. The van der Waals surface area contributed by atoms with E-state index >= 15 is 0 Å². The number of aromatic nitrogens is 1. The third-order valence-electron chi connectivity index (χ3n) is 2.65. The molecule has 0 spiro atoms. The normalized spacial score (nSPS) is 11.1. The predicted octanol–water partition coefficient (Wildman–Crippen LogP) is 4.13. The van der Waals surface area contributed by atoms with Crippen molar-refractivity contribution < 1.29 is 4.74 Å². The maximum atomic E-state index is 5.32. The van der Waals surface area contributed by atoms with Crippen molar-refractivity contribution in [3.05, 3.63) is 34.4 Å². The van der Waals surface area contributed by atoms with Crippen molar-refractivity contribution in [2.75, 3.05) is 7.11 Å². The fourth-order valence-electron chi connectivity index (χ4n) is 1.94. The quantitative estimate of drug-likeness (QED) is 0.825. The first kappa shape index (κ1) is 11.4. The molecule has 0 aliphatic carbocycles. The van der Waals surface area contributed by atoms with E-state index in [1.165, 1.54) is 5.56 Å². The van der Waals surface area contributed by atoms with Crippen molar-refractivity contribution in [1.82, 2.24) is 4.98 Å². The van der Waals surface area contributed by atoms with Gasteiger partial charge in [-0.2, -0.15) is 0 Å². The average molecular weight is 280 g/mol. The molecule has 2 nitrogen and oxygen atoms in total. The van der Waals surface area contributed by atoms with Crippen LogP contribution in [0.4, 0.5) is 0 Å². The summed E-state index contributed by atoms with van der Waals surface area (Å²) < 4.78 is 6.38. The van der Waals surface area contributed by atoms with Gasteiger partial charge in [-0.3, -0.25) is 4.98 Å². The maximum Gasteiger partial charge on any atom is 0.145 e. The average Bonchev–Trinajstić information content (AvgIpc) is 2.27. The van der Waals surface area contributed by atoms with Crippen molar-refractivity contribution >= 4 is 26.8 Å². The molecule has 1 aromatic heterocycles. The molecular formula is C13H14BrNO. The maximum absolute atomic E-state index is 5.32. The number of rotatable bonds is 2. The Kier molecular flexibility index (Phi) is 3.15. The fourth-order valence-corrected chi connectivity index (χ4v) is 2.72. The lowest BCUT2D eigenvalue weighted by Crippen LogP contribution is -1.95. The first-order valence-electron chi connectivity index (χ1n) is 5.26. The highest BCUT2D eigenvalue weighted by Crippen LogP contribution is 2.34. The minimum absolute atomic E-state index is 0.451. The summed E-state index contributed by atoms with van der Waals surface area (Å²) in [6.07, 6.45) is 1.85. The van der Waals surface area contributed by atoms with Gasteiger partial charge in [0.15, 0.2) is 0 Å². The number of hydrogen-bond donors (Lipinski definition) is 0. The molecule has 1 aromatic carbocycles. The molecule has 0 N–H and O–H groups in total. The number of para-hydroxylation sites is 1. The van der Waals surface area contributed by atoms with Crippen LogP contribution in [0.5, 0.6) is 5.75 Å². The van der Waals surface area contributed by atoms with E-state index in [2.05, 4.69) is 40.8 Å². The van der Waals surface area contributed by atoms with Crippen LogP contribution in [0.25, 0.3) is 10.9 Å². The number of ether oxygens (including phenoxy) is 1. The van der Waals surface area contributed by atoms with E-state index in [0.29, 0.717) is 5.92 Å². The highest BCUT2D eigenvalue weighted by molar-refractivity contribution is 9.10. The summed E-state index contributed by atoms with van der Waals surface area (Å²) in [4.78, 5) is 4.42. The van der Waals surface area contributed by atoms with Gasteiger partial charge < -0.3 is 4.74 Å². The third kappa shape index (κ3) is 1.80. The summed E-state index contributed by atoms with van der Waals surface area (Å²) in [5.41, 5.74) is 2.21. The standard InChI is InChI=1S/C13H14BrNO/c1-8(2)12-9-5-4-6-11(16-3)13(9)15-7-10(12)14/h4-8H,1-3H3. The van der Waals surface area contributed by atoms with E-state index in [4.69, 9.17) is 4.74 Å². The molecule has 1 heterocycles. The molecule has 84 valence electrons. The number of hydrogen-bond acceptors (Lipinski definition) is 2. The molecule has 0 unspecified atom stereocenters. The van der Waals surface area contributed by atoms with Crippen LogP contribution in [0.1, 0.15) is 25.3 Å². The van der Waals surface area contributed by atoms with Crippen molar-refractivity contribution in [3.8, 4) is 5.75 Å². The zero-order valence-corrected chi connectivity index (χ0v) is 11.2. The minimum atomic E-state index is 0.451. The molecule has 0 radical (unpaired) electrons. The molecule has 0 aliphatic heterocycles. The summed E-state index contributed by atoms with van der Waals surface area (Å²) in [7, 11) is 1.67. The zero-order valence-electron chi connectivity index (χ0n) is 9.62. The smallest absolute Gasteiger partial charge is 0.145 e. The molecule has 0 saturated heterocycles. The van der Waals surface area contributed by atoms with Gasteiger partial charge in [-0.1, -0.05) is 26.0 Å². The fraction of sp³-hybridized carbons (Fsp3) is 0.308. The van der Waals surface area contributed by atoms with E-state index in [1.807, 2.05) is 18.3 Å². The van der Waals surface area contributed by atoms with Crippen LogP contribution in [0, 0.1) is 0 Å². The van der Waals surface area contributed by atoms with Gasteiger partial charge in [-0.15, -0.1) is 0 Å².